The minimum absolute atomic E-state index is 0.0777. The van der Waals surface area contributed by atoms with E-state index in [0.717, 1.165) is 17.6 Å². The average molecular weight is 407 g/mol. The first-order chi connectivity index (χ1) is 13.8. The quantitative estimate of drug-likeness (QED) is 0.147. The van der Waals surface area contributed by atoms with E-state index in [1.165, 1.54) is 6.20 Å². The molecule has 0 saturated heterocycles. The Bertz CT molecular complexity index is 631. The Balaban J connectivity index is 4.90. The molecule has 3 N–H and O–H groups in total. The zero-order valence-corrected chi connectivity index (χ0v) is 18.6. The molecule has 164 valence electrons. The van der Waals surface area contributed by atoms with Crippen molar-refractivity contribution in [2.75, 3.05) is 26.5 Å². The van der Waals surface area contributed by atoms with Gasteiger partial charge in [0.05, 0.1) is 18.5 Å². The number of nitrogens with zero attached hydrogens (tertiary/aromatic N) is 1. The number of rotatable bonds is 14. The van der Waals surface area contributed by atoms with Crippen LogP contribution in [0.25, 0.3) is 0 Å². The van der Waals surface area contributed by atoms with Crippen LogP contribution in [0.15, 0.2) is 59.6 Å². The molecule has 0 aromatic carbocycles. The maximum atomic E-state index is 12.7. The van der Waals surface area contributed by atoms with Crippen LogP contribution in [-0.2, 0) is 14.3 Å². The number of amides is 1. The number of carbonyl (C=O) groups excluding carboxylic acids is 1. The molecule has 0 heterocycles. The molecule has 0 aromatic heterocycles. The second-order valence-electron chi connectivity index (χ2n) is 6.91. The third-order valence-corrected chi connectivity index (χ3v) is 4.14. The van der Waals surface area contributed by atoms with Crippen molar-refractivity contribution >= 4 is 5.91 Å². The first-order valence-electron chi connectivity index (χ1n) is 10.0. The minimum atomic E-state index is -0.120. The van der Waals surface area contributed by atoms with Crippen LogP contribution in [0.2, 0.25) is 0 Å². The lowest BCUT2D eigenvalue weighted by molar-refractivity contribution is -0.128. The molecule has 0 unspecified atom stereocenters. The van der Waals surface area contributed by atoms with Gasteiger partial charge in [0.2, 0.25) is 0 Å². The number of likely N-dealkylation sites (N-methyl/N-ethyl adjacent to an activating group) is 1. The monoisotopic (exact) mass is 406 g/mol. The molecule has 0 spiro atoms. The zero-order valence-electron chi connectivity index (χ0n) is 18.6. The predicted octanol–water partition coefficient (Wildman–Crippen LogP) is 4.38. The van der Waals surface area contributed by atoms with Crippen LogP contribution in [0, 0.1) is 0 Å². The van der Waals surface area contributed by atoms with Crippen LogP contribution >= 0.6 is 0 Å². The van der Waals surface area contributed by atoms with E-state index in [1.807, 2.05) is 39.8 Å². The number of hydrogen-bond acceptors (Lipinski definition) is 5. The lowest BCUT2D eigenvalue weighted by Gasteiger charge is -2.23. The minimum Gasteiger partial charge on any atom is -0.512 e. The molecular formula is C23H38N2O4. The molecule has 0 bridgehead atoms. The number of nitrogens with two attached hydrogens (primary N) is 1. The van der Waals surface area contributed by atoms with Gasteiger partial charge in [-0.1, -0.05) is 31.2 Å². The molecule has 1 amide bonds. The summed E-state index contributed by atoms with van der Waals surface area (Å²) in [7, 11) is 0. The normalized spacial score (nSPS) is 13.4. The Morgan fingerprint density at radius 2 is 2.00 bits per heavy atom. The first-order valence-corrected chi connectivity index (χ1v) is 10.0. The van der Waals surface area contributed by atoms with E-state index in [2.05, 4.69) is 13.5 Å². The van der Waals surface area contributed by atoms with Crippen molar-refractivity contribution in [3.05, 3.63) is 59.6 Å². The molecule has 0 aliphatic heterocycles. The van der Waals surface area contributed by atoms with Gasteiger partial charge in [-0.25, -0.2) is 0 Å². The van der Waals surface area contributed by atoms with Gasteiger partial charge in [0.1, 0.15) is 6.79 Å². The highest BCUT2D eigenvalue weighted by Gasteiger charge is 2.16. The number of aliphatic hydroxyl groups excluding tert-OH is 1. The smallest absolute Gasteiger partial charge is 0.251 e. The summed E-state index contributed by atoms with van der Waals surface area (Å²) in [4.78, 5) is 14.4. The van der Waals surface area contributed by atoms with Crippen LogP contribution in [0.4, 0.5) is 0 Å². The van der Waals surface area contributed by atoms with Crippen molar-refractivity contribution in [2.45, 2.75) is 53.6 Å². The van der Waals surface area contributed by atoms with E-state index in [9.17, 15) is 9.90 Å². The maximum absolute atomic E-state index is 12.7. The number of carbonyl (C=O) groups is 1. The van der Waals surface area contributed by atoms with Crippen molar-refractivity contribution in [3.8, 4) is 0 Å². The molecule has 0 radical (unpaired) electrons. The fourth-order valence-corrected chi connectivity index (χ4v) is 2.47. The van der Waals surface area contributed by atoms with Gasteiger partial charge in [-0.05, 0) is 58.0 Å². The van der Waals surface area contributed by atoms with Gasteiger partial charge in [0.25, 0.3) is 5.91 Å². The van der Waals surface area contributed by atoms with Crippen LogP contribution in [0.1, 0.15) is 47.5 Å². The Kier molecular flexibility index (Phi) is 14.4. The highest BCUT2D eigenvalue weighted by Crippen LogP contribution is 2.14. The highest BCUT2D eigenvalue weighted by atomic mass is 16.7. The van der Waals surface area contributed by atoms with E-state index in [1.54, 1.807) is 17.1 Å². The Labute approximate surface area is 176 Å². The Hall–Kier alpha value is -2.31. The SMILES string of the molecule is C=C(COCOC(C)C)C(=O)N(CC)C/C(C)=C(/C=C/C/C(O)=C\C=C\N)CC. The number of hydrogen-bond donors (Lipinski definition) is 2. The summed E-state index contributed by atoms with van der Waals surface area (Å²) >= 11 is 0. The van der Waals surface area contributed by atoms with Gasteiger partial charge in [-0.3, -0.25) is 4.79 Å². The largest absolute Gasteiger partial charge is 0.512 e. The average Bonchev–Trinajstić information content (AvgIpc) is 2.69. The topological polar surface area (TPSA) is 85.0 Å². The molecule has 6 heteroatoms. The second-order valence-corrected chi connectivity index (χ2v) is 6.91. The Morgan fingerprint density at radius 3 is 2.55 bits per heavy atom. The molecular weight excluding hydrogens is 368 g/mol. The molecule has 6 nitrogen and oxygen atoms in total. The summed E-state index contributed by atoms with van der Waals surface area (Å²) in [5, 5.41) is 9.74. The third-order valence-electron chi connectivity index (χ3n) is 4.14. The van der Waals surface area contributed by atoms with E-state index in [4.69, 9.17) is 15.2 Å². The molecule has 0 aliphatic carbocycles. The third kappa shape index (κ3) is 12.0. The molecule has 0 saturated carbocycles. The molecule has 29 heavy (non-hydrogen) atoms. The summed E-state index contributed by atoms with van der Waals surface area (Å²) in [5.41, 5.74) is 7.89. The lowest BCUT2D eigenvalue weighted by atomic mass is 10.0. The van der Waals surface area contributed by atoms with Crippen LogP contribution in [0.3, 0.4) is 0 Å². The summed E-state index contributed by atoms with van der Waals surface area (Å²) in [6, 6.07) is 0. The predicted molar refractivity (Wildman–Crippen MR) is 119 cm³/mol. The van der Waals surface area contributed by atoms with Gasteiger partial charge in [-0.2, -0.15) is 0 Å². The Morgan fingerprint density at radius 1 is 1.31 bits per heavy atom. The first kappa shape index (κ1) is 26.7. The van der Waals surface area contributed by atoms with Crippen molar-refractivity contribution in [3.63, 3.8) is 0 Å². The molecule has 0 fully saturated rings. The van der Waals surface area contributed by atoms with Gasteiger partial charge in [0, 0.05) is 25.1 Å². The van der Waals surface area contributed by atoms with E-state index < -0.39 is 0 Å². The van der Waals surface area contributed by atoms with E-state index >= 15 is 0 Å². The van der Waals surface area contributed by atoms with E-state index in [0.29, 0.717) is 25.1 Å². The fourth-order valence-electron chi connectivity index (χ4n) is 2.47. The van der Waals surface area contributed by atoms with Crippen molar-refractivity contribution in [2.24, 2.45) is 5.73 Å². The van der Waals surface area contributed by atoms with Crippen molar-refractivity contribution in [1.29, 1.82) is 0 Å². The summed E-state index contributed by atoms with van der Waals surface area (Å²) in [6.45, 7) is 15.1. The van der Waals surface area contributed by atoms with Crippen molar-refractivity contribution < 1.29 is 19.4 Å². The number of ether oxygens (including phenoxy) is 2. The molecule has 0 atom stereocenters. The number of allylic oxidation sites excluding steroid dienone is 5. The molecule has 0 aromatic rings. The highest BCUT2D eigenvalue weighted by molar-refractivity contribution is 5.93. The van der Waals surface area contributed by atoms with Crippen LogP contribution in [0.5, 0.6) is 0 Å². The maximum Gasteiger partial charge on any atom is 0.251 e. The van der Waals surface area contributed by atoms with E-state index in [-0.39, 0.29) is 31.2 Å². The zero-order chi connectivity index (χ0) is 22.2. The number of aliphatic hydroxyl groups is 1. The van der Waals surface area contributed by atoms with Gasteiger partial charge in [-0.15, -0.1) is 0 Å². The van der Waals surface area contributed by atoms with Gasteiger partial charge >= 0.3 is 0 Å². The van der Waals surface area contributed by atoms with Gasteiger partial charge < -0.3 is 25.2 Å². The standard InChI is InChI=1S/C23H38N2O4/c1-7-21(11-9-12-22(26)13-10-14-24)19(5)15-25(8-2)23(27)20(6)16-28-17-29-18(3)4/h9-11,13-14,18,26H,6-8,12,15-17,24H2,1-5H3/b11-9+,14-10+,21-19+,22-13+. The summed E-state index contributed by atoms with van der Waals surface area (Å²) < 4.78 is 10.7. The summed E-state index contributed by atoms with van der Waals surface area (Å²) in [5.74, 6) is 0.115. The van der Waals surface area contributed by atoms with Crippen LogP contribution in [-0.4, -0.2) is 48.5 Å². The molecule has 0 aliphatic rings. The van der Waals surface area contributed by atoms with Crippen LogP contribution < -0.4 is 5.73 Å². The summed E-state index contributed by atoms with van der Waals surface area (Å²) in [6.07, 6.45) is 9.73. The fraction of sp³-hybridized carbons (Fsp3) is 0.522. The molecule has 0 rings (SSSR count). The lowest BCUT2D eigenvalue weighted by Crippen LogP contribution is -2.34. The van der Waals surface area contributed by atoms with Crippen molar-refractivity contribution in [1.82, 2.24) is 4.90 Å². The van der Waals surface area contributed by atoms with Gasteiger partial charge in [0.15, 0.2) is 0 Å². The second kappa shape index (κ2) is 15.6.